The van der Waals surface area contributed by atoms with Crippen LogP contribution in [0, 0.1) is 13.8 Å². The predicted octanol–water partition coefficient (Wildman–Crippen LogP) is 3.80. The Kier molecular flexibility index (Phi) is 6.53. The van der Waals surface area contributed by atoms with Crippen LogP contribution in [0.1, 0.15) is 69.2 Å². The number of hydrogen-bond acceptors (Lipinski definition) is 5. The molecule has 1 aliphatic carbocycles. The van der Waals surface area contributed by atoms with E-state index in [9.17, 15) is 14.4 Å². The van der Waals surface area contributed by atoms with Crippen LogP contribution in [0.4, 0.5) is 0 Å². The van der Waals surface area contributed by atoms with Crippen molar-refractivity contribution in [3.05, 3.63) is 52.3 Å². The summed E-state index contributed by atoms with van der Waals surface area (Å²) in [6.45, 7) is 7.80. The number of Topliss-reactive ketones (excluding diaryl/α,β-unsaturated/α-hetero) is 1. The van der Waals surface area contributed by atoms with Crippen molar-refractivity contribution in [3.8, 4) is 5.75 Å². The summed E-state index contributed by atoms with van der Waals surface area (Å²) in [5, 5.41) is 0. The number of carbonyl (C=O) groups excluding carboxylic acids is 3. The molecule has 2 aromatic rings. The first-order chi connectivity index (χ1) is 14.8. The lowest BCUT2D eigenvalue weighted by Crippen LogP contribution is -2.45. The van der Waals surface area contributed by atoms with Crippen LogP contribution in [-0.2, 0) is 11.3 Å². The molecule has 0 bridgehead atoms. The van der Waals surface area contributed by atoms with Gasteiger partial charge < -0.3 is 18.9 Å². The monoisotopic (exact) mass is 426 g/mol. The Morgan fingerprint density at radius 2 is 1.87 bits per heavy atom. The molecule has 1 saturated carbocycles. The maximum Gasteiger partial charge on any atom is 0.354 e. The molecule has 1 aliphatic rings. The smallest absolute Gasteiger partial charge is 0.354 e. The first kappa shape index (κ1) is 22.6. The molecule has 0 aliphatic heterocycles. The van der Waals surface area contributed by atoms with Crippen LogP contribution in [0.15, 0.2) is 24.3 Å². The van der Waals surface area contributed by atoms with Gasteiger partial charge in [-0.3, -0.25) is 9.59 Å². The zero-order chi connectivity index (χ0) is 22.9. The Hall–Kier alpha value is -3.09. The lowest BCUT2D eigenvalue weighted by atomic mass is 9.99. The third kappa shape index (κ3) is 4.09. The molecule has 1 aromatic heterocycles. The molecule has 1 unspecified atom stereocenters. The lowest BCUT2D eigenvalue weighted by molar-refractivity contribution is 0.0586. The third-order valence-corrected chi connectivity index (χ3v) is 6.00. The molecule has 31 heavy (non-hydrogen) atoms. The minimum atomic E-state index is -0.665. The minimum Gasteiger partial charge on any atom is -0.497 e. The Bertz CT molecular complexity index is 1020. The van der Waals surface area contributed by atoms with E-state index in [1.54, 1.807) is 54.7 Å². The highest BCUT2D eigenvalue weighted by molar-refractivity contribution is 6.07. The Morgan fingerprint density at radius 1 is 1.19 bits per heavy atom. The molecule has 0 spiro atoms. The predicted molar refractivity (Wildman–Crippen MR) is 117 cm³/mol. The van der Waals surface area contributed by atoms with E-state index in [1.807, 2.05) is 13.8 Å². The molecule has 1 heterocycles. The molecule has 1 fully saturated rings. The topological polar surface area (TPSA) is 77.8 Å². The van der Waals surface area contributed by atoms with Crippen molar-refractivity contribution in [1.29, 1.82) is 0 Å². The van der Waals surface area contributed by atoms with E-state index in [2.05, 4.69) is 0 Å². The van der Waals surface area contributed by atoms with Crippen molar-refractivity contribution in [2.45, 2.75) is 59.2 Å². The van der Waals surface area contributed by atoms with Gasteiger partial charge in [-0.05, 0) is 64.3 Å². The number of ether oxygens (including phenoxy) is 2. The molecule has 1 aromatic carbocycles. The summed E-state index contributed by atoms with van der Waals surface area (Å²) in [5.41, 5.74) is 2.66. The number of aromatic nitrogens is 1. The molecule has 1 amide bonds. The van der Waals surface area contributed by atoms with Gasteiger partial charge in [0.1, 0.15) is 11.4 Å². The second kappa shape index (κ2) is 8.96. The summed E-state index contributed by atoms with van der Waals surface area (Å²) in [4.78, 5) is 41.0. The zero-order valence-corrected chi connectivity index (χ0v) is 19.0. The van der Waals surface area contributed by atoms with Crippen LogP contribution >= 0.6 is 0 Å². The number of amides is 1. The molecule has 0 N–H and O–H groups in total. The number of methoxy groups -OCH3 is 2. The number of ketones is 1. The number of esters is 1. The molecular formula is C24H30N2O5. The highest BCUT2D eigenvalue weighted by Crippen LogP contribution is 2.33. The summed E-state index contributed by atoms with van der Waals surface area (Å²) in [5.74, 6) is -0.244. The summed E-state index contributed by atoms with van der Waals surface area (Å²) in [6, 6.07) is 6.34. The van der Waals surface area contributed by atoms with Gasteiger partial charge >= 0.3 is 5.97 Å². The second-order valence-electron chi connectivity index (χ2n) is 7.89. The fraction of sp³-hybridized carbons (Fsp3) is 0.458. The van der Waals surface area contributed by atoms with E-state index >= 15 is 0 Å². The normalized spacial score (nSPS) is 14.1. The molecule has 3 rings (SSSR count). The van der Waals surface area contributed by atoms with E-state index in [1.165, 1.54) is 7.11 Å². The highest BCUT2D eigenvalue weighted by Gasteiger charge is 2.40. The van der Waals surface area contributed by atoms with Gasteiger partial charge in [0.2, 0.25) is 0 Å². The van der Waals surface area contributed by atoms with Crippen molar-refractivity contribution in [2.24, 2.45) is 0 Å². The molecule has 1 atom stereocenters. The second-order valence-corrected chi connectivity index (χ2v) is 7.89. The average molecular weight is 427 g/mol. The van der Waals surface area contributed by atoms with Gasteiger partial charge in [0.05, 0.1) is 20.3 Å². The first-order valence-electron chi connectivity index (χ1n) is 10.6. The Labute approximate surface area is 182 Å². The Morgan fingerprint density at radius 3 is 2.42 bits per heavy atom. The van der Waals surface area contributed by atoms with E-state index in [-0.39, 0.29) is 17.7 Å². The van der Waals surface area contributed by atoms with Gasteiger partial charge in [-0.15, -0.1) is 0 Å². The van der Waals surface area contributed by atoms with Gasteiger partial charge in [-0.2, -0.15) is 0 Å². The maximum atomic E-state index is 13.6. The summed E-state index contributed by atoms with van der Waals surface area (Å²) in [6.07, 6.45) is 1.74. The van der Waals surface area contributed by atoms with Crippen LogP contribution < -0.4 is 4.74 Å². The van der Waals surface area contributed by atoms with Crippen molar-refractivity contribution in [3.63, 3.8) is 0 Å². The van der Waals surface area contributed by atoms with E-state index in [0.717, 1.165) is 12.8 Å². The number of hydrogen-bond donors (Lipinski definition) is 0. The van der Waals surface area contributed by atoms with Gasteiger partial charge in [0.15, 0.2) is 5.78 Å². The summed E-state index contributed by atoms with van der Waals surface area (Å²) >= 11 is 0. The zero-order valence-electron chi connectivity index (χ0n) is 19.0. The number of nitrogens with zero attached hydrogens (tertiary/aromatic N) is 2. The van der Waals surface area contributed by atoms with E-state index in [4.69, 9.17) is 9.47 Å². The quantitative estimate of drug-likeness (QED) is 0.474. The standard InChI is InChI=1S/C24H30N2O5/c1-7-25-15(3)20(14(2)21(25)24(29)31-6)22(27)16(4)26(18-11-12-18)23(28)17-9-8-10-19(13-17)30-5/h8-10,13,16,18H,7,11-12H2,1-6H3. The average Bonchev–Trinajstić information content (AvgIpc) is 3.57. The van der Waals surface area contributed by atoms with E-state index in [0.29, 0.717) is 40.4 Å². The molecular weight excluding hydrogens is 396 g/mol. The molecule has 7 nitrogen and oxygen atoms in total. The fourth-order valence-corrected chi connectivity index (χ4v) is 4.26. The van der Waals surface area contributed by atoms with Crippen molar-refractivity contribution < 1.29 is 23.9 Å². The largest absolute Gasteiger partial charge is 0.497 e. The molecule has 0 radical (unpaired) electrons. The summed E-state index contributed by atoms with van der Waals surface area (Å²) in [7, 11) is 2.88. The van der Waals surface area contributed by atoms with E-state index < -0.39 is 12.0 Å². The Balaban J connectivity index is 1.99. The SMILES string of the molecule is CCn1c(C)c(C(=O)C(C)N(C(=O)c2cccc(OC)c2)C2CC2)c(C)c1C(=O)OC. The van der Waals surface area contributed by atoms with Crippen molar-refractivity contribution >= 4 is 17.7 Å². The molecule has 166 valence electrons. The number of rotatable bonds is 8. The van der Waals surface area contributed by atoms with Crippen LogP contribution in [0.25, 0.3) is 0 Å². The van der Waals surface area contributed by atoms with Crippen LogP contribution in [0.2, 0.25) is 0 Å². The first-order valence-corrected chi connectivity index (χ1v) is 10.6. The van der Waals surface area contributed by atoms with Crippen molar-refractivity contribution in [2.75, 3.05) is 14.2 Å². The molecule has 0 saturated heterocycles. The van der Waals surface area contributed by atoms with Gasteiger partial charge in [0, 0.05) is 29.4 Å². The lowest BCUT2D eigenvalue weighted by Gasteiger charge is -2.29. The molecule has 7 heteroatoms. The van der Waals surface area contributed by atoms with Crippen molar-refractivity contribution in [1.82, 2.24) is 9.47 Å². The highest BCUT2D eigenvalue weighted by atomic mass is 16.5. The van der Waals surface area contributed by atoms with Gasteiger partial charge in [-0.25, -0.2) is 4.79 Å². The van der Waals surface area contributed by atoms with Gasteiger partial charge in [-0.1, -0.05) is 6.07 Å². The minimum absolute atomic E-state index is 0.0339. The van der Waals surface area contributed by atoms with Crippen LogP contribution in [-0.4, -0.2) is 53.4 Å². The number of benzene rings is 1. The summed E-state index contributed by atoms with van der Waals surface area (Å²) < 4.78 is 12.0. The maximum absolute atomic E-state index is 13.6. The van der Waals surface area contributed by atoms with Crippen LogP contribution in [0.5, 0.6) is 5.75 Å². The third-order valence-electron chi connectivity index (χ3n) is 6.00. The van der Waals surface area contributed by atoms with Gasteiger partial charge in [0.25, 0.3) is 5.91 Å². The fourth-order valence-electron chi connectivity index (χ4n) is 4.26. The van der Waals surface area contributed by atoms with Crippen LogP contribution in [0.3, 0.4) is 0 Å². The number of carbonyl (C=O) groups is 3.